The van der Waals surface area contributed by atoms with Crippen molar-refractivity contribution in [3.63, 3.8) is 0 Å². The van der Waals surface area contributed by atoms with Crippen LogP contribution in [0.3, 0.4) is 0 Å². The Morgan fingerprint density at radius 1 is 1.50 bits per heavy atom. The Morgan fingerprint density at radius 2 is 2.12 bits per heavy atom. The number of aromatic nitrogens is 1. The molecule has 86 valence electrons. The fourth-order valence-corrected chi connectivity index (χ4v) is 1.57. The summed E-state index contributed by atoms with van der Waals surface area (Å²) in [5, 5.41) is 8.82. The molecule has 1 aromatic rings. The number of anilines is 1. The molecule has 0 amide bonds. The van der Waals surface area contributed by atoms with Crippen molar-refractivity contribution >= 4 is 15.8 Å². The van der Waals surface area contributed by atoms with E-state index >= 15 is 0 Å². The fraction of sp³-hybridized carbons (Fsp3) is 0.333. The molecule has 16 heavy (non-hydrogen) atoms. The molecule has 1 heterocycles. The molecular formula is C9H11N3O3S. The molecule has 0 radical (unpaired) electrons. The zero-order valence-electron chi connectivity index (χ0n) is 9.13. The van der Waals surface area contributed by atoms with Crippen molar-refractivity contribution in [3.8, 4) is 11.8 Å². The average Bonchev–Trinajstić information content (AvgIpc) is 2.15. The smallest absolute Gasteiger partial charge is 0.306 e. The third-order valence-corrected chi connectivity index (χ3v) is 2.18. The fourth-order valence-electron chi connectivity index (χ4n) is 1.10. The molecular weight excluding hydrogens is 230 g/mol. The summed E-state index contributed by atoms with van der Waals surface area (Å²) < 4.78 is 26.9. The highest BCUT2D eigenvalue weighted by atomic mass is 32.2. The van der Waals surface area contributed by atoms with Crippen LogP contribution in [0.15, 0.2) is 12.3 Å². The van der Waals surface area contributed by atoms with Crippen LogP contribution in [0.4, 0.5) is 5.69 Å². The predicted octanol–water partition coefficient (Wildman–Crippen LogP) is 0.358. The Bertz CT molecular complexity index is 531. The van der Waals surface area contributed by atoms with Crippen LogP contribution in [0.5, 0.6) is 5.75 Å². The van der Waals surface area contributed by atoms with E-state index in [9.17, 15) is 8.42 Å². The molecule has 0 aliphatic carbocycles. The maximum atomic E-state index is 11.1. The van der Waals surface area contributed by atoms with E-state index in [1.165, 1.54) is 6.20 Å². The standard InChI is InChI=1S/C9H11N3O3S/c1-12(2)8-4-5-11-7(6-10)9(8)15-16(3,13)14/h4-5H,1-3H3. The molecule has 1 aromatic heterocycles. The van der Waals surface area contributed by atoms with E-state index in [2.05, 4.69) is 4.98 Å². The van der Waals surface area contributed by atoms with E-state index in [4.69, 9.17) is 9.44 Å². The van der Waals surface area contributed by atoms with Crippen LogP contribution in [0, 0.1) is 11.3 Å². The third-order valence-electron chi connectivity index (χ3n) is 1.71. The van der Waals surface area contributed by atoms with Gasteiger partial charge in [-0.15, -0.1) is 0 Å². The molecule has 0 fully saturated rings. The first kappa shape index (κ1) is 12.3. The van der Waals surface area contributed by atoms with E-state index in [0.29, 0.717) is 5.69 Å². The molecule has 6 nitrogen and oxygen atoms in total. The van der Waals surface area contributed by atoms with Gasteiger partial charge in [-0.2, -0.15) is 13.7 Å². The van der Waals surface area contributed by atoms with Crippen LogP contribution in [0.1, 0.15) is 5.69 Å². The molecule has 0 atom stereocenters. The summed E-state index contributed by atoms with van der Waals surface area (Å²) in [6.07, 6.45) is 2.34. The Balaban J connectivity index is 3.38. The number of nitriles is 1. The van der Waals surface area contributed by atoms with Crippen molar-refractivity contribution in [2.45, 2.75) is 0 Å². The minimum absolute atomic E-state index is 0.0440. The summed E-state index contributed by atoms with van der Waals surface area (Å²) >= 11 is 0. The van der Waals surface area contributed by atoms with E-state index in [1.54, 1.807) is 31.1 Å². The van der Waals surface area contributed by atoms with Crippen molar-refractivity contribution in [3.05, 3.63) is 18.0 Å². The number of hydrogen-bond donors (Lipinski definition) is 0. The van der Waals surface area contributed by atoms with Crippen LogP contribution in [-0.4, -0.2) is 33.8 Å². The molecule has 0 spiro atoms. The second-order valence-corrected chi connectivity index (χ2v) is 4.88. The van der Waals surface area contributed by atoms with Gasteiger partial charge >= 0.3 is 10.1 Å². The van der Waals surface area contributed by atoms with Crippen molar-refractivity contribution in [1.29, 1.82) is 5.26 Å². The lowest BCUT2D eigenvalue weighted by Crippen LogP contribution is -2.15. The quantitative estimate of drug-likeness (QED) is 0.710. The summed E-state index contributed by atoms with van der Waals surface area (Å²) in [6, 6.07) is 3.36. The van der Waals surface area contributed by atoms with E-state index < -0.39 is 10.1 Å². The summed E-state index contributed by atoms with van der Waals surface area (Å²) in [5.74, 6) is -0.0440. The van der Waals surface area contributed by atoms with Crippen molar-refractivity contribution in [2.75, 3.05) is 25.3 Å². The van der Waals surface area contributed by atoms with Crippen LogP contribution < -0.4 is 9.08 Å². The first-order chi connectivity index (χ1) is 7.35. The van der Waals surface area contributed by atoms with Crippen molar-refractivity contribution in [2.24, 2.45) is 0 Å². The lowest BCUT2D eigenvalue weighted by Gasteiger charge is -2.16. The van der Waals surface area contributed by atoms with Crippen molar-refractivity contribution in [1.82, 2.24) is 4.98 Å². The molecule has 0 N–H and O–H groups in total. The monoisotopic (exact) mass is 241 g/mol. The zero-order valence-corrected chi connectivity index (χ0v) is 9.95. The Labute approximate surface area is 94.2 Å². The average molecular weight is 241 g/mol. The molecule has 7 heteroatoms. The maximum Gasteiger partial charge on any atom is 0.306 e. The summed E-state index contributed by atoms with van der Waals surface area (Å²) in [6.45, 7) is 0. The summed E-state index contributed by atoms with van der Waals surface area (Å²) in [5.41, 5.74) is 0.425. The topological polar surface area (TPSA) is 83.3 Å². The Kier molecular flexibility index (Phi) is 3.34. The van der Waals surface area contributed by atoms with Crippen LogP contribution in [0.25, 0.3) is 0 Å². The van der Waals surface area contributed by atoms with Crippen LogP contribution in [0.2, 0.25) is 0 Å². The maximum absolute atomic E-state index is 11.1. The van der Waals surface area contributed by atoms with Gasteiger partial charge in [0.1, 0.15) is 6.07 Å². The van der Waals surface area contributed by atoms with E-state index in [-0.39, 0.29) is 11.4 Å². The number of hydrogen-bond acceptors (Lipinski definition) is 6. The summed E-state index contributed by atoms with van der Waals surface area (Å²) in [7, 11) is -0.256. The SMILES string of the molecule is CN(C)c1ccnc(C#N)c1OS(C)(=O)=O. The highest BCUT2D eigenvalue weighted by Gasteiger charge is 2.17. The Hall–Kier alpha value is -1.81. The first-order valence-corrected chi connectivity index (χ1v) is 6.12. The minimum Gasteiger partial charge on any atom is -0.377 e. The number of rotatable bonds is 3. The van der Waals surface area contributed by atoms with Gasteiger partial charge in [-0.25, -0.2) is 4.98 Å². The lowest BCUT2D eigenvalue weighted by molar-refractivity contribution is 0.491. The molecule has 0 aliphatic rings. The van der Waals surface area contributed by atoms with E-state index in [1.807, 2.05) is 0 Å². The molecule has 0 saturated carbocycles. The van der Waals surface area contributed by atoms with Gasteiger partial charge in [-0.3, -0.25) is 0 Å². The van der Waals surface area contributed by atoms with Crippen LogP contribution in [-0.2, 0) is 10.1 Å². The second kappa shape index (κ2) is 4.37. The minimum atomic E-state index is -3.68. The van der Waals surface area contributed by atoms with Gasteiger partial charge in [0.2, 0.25) is 5.75 Å². The second-order valence-electron chi connectivity index (χ2n) is 3.30. The number of nitrogens with zero attached hydrogens (tertiary/aromatic N) is 3. The zero-order chi connectivity index (χ0) is 12.3. The molecule has 0 aliphatic heterocycles. The highest BCUT2D eigenvalue weighted by Crippen LogP contribution is 2.29. The van der Waals surface area contributed by atoms with Gasteiger partial charge in [0.05, 0.1) is 11.9 Å². The highest BCUT2D eigenvalue weighted by molar-refractivity contribution is 7.86. The number of pyridine rings is 1. The van der Waals surface area contributed by atoms with E-state index in [0.717, 1.165) is 6.26 Å². The van der Waals surface area contributed by atoms with Gasteiger partial charge in [0, 0.05) is 20.3 Å². The third kappa shape index (κ3) is 2.84. The predicted molar refractivity (Wildman–Crippen MR) is 58.8 cm³/mol. The molecule has 0 saturated heterocycles. The van der Waals surface area contributed by atoms with Gasteiger partial charge in [0.15, 0.2) is 5.69 Å². The van der Waals surface area contributed by atoms with Crippen LogP contribution >= 0.6 is 0 Å². The first-order valence-electron chi connectivity index (χ1n) is 4.31. The van der Waals surface area contributed by atoms with Gasteiger partial charge in [-0.05, 0) is 6.07 Å². The van der Waals surface area contributed by atoms with Gasteiger partial charge in [0.25, 0.3) is 0 Å². The molecule has 0 aromatic carbocycles. The Morgan fingerprint density at radius 3 is 2.56 bits per heavy atom. The van der Waals surface area contributed by atoms with Gasteiger partial charge < -0.3 is 9.08 Å². The molecule has 0 bridgehead atoms. The molecule has 0 unspecified atom stereocenters. The molecule has 1 rings (SSSR count). The van der Waals surface area contributed by atoms with Gasteiger partial charge in [-0.1, -0.05) is 0 Å². The summed E-state index contributed by atoms with van der Waals surface area (Å²) in [4.78, 5) is 5.39. The normalized spacial score (nSPS) is 10.6. The van der Waals surface area contributed by atoms with Crippen molar-refractivity contribution < 1.29 is 12.6 Å². The lowest BCUT2D eigenvalue weighted by atomic mass is 10.3. The largest absolute Gasteiger partial charge is 0.377 e.